The second kappa shape index (κ2) is 11.1. The summed E-state index contributed by atoms with van der Waals surface area (Å²) in [6.45, 7) is 0.389. The minimum Gasteiger partial charge on any atom is -0.489 e. The van der Waals surface area contributed by atoms with Crippen LogP contribution in [0.4, 0.5) is 0 Å². The molecular weight excluding hydrogens is 434 g/mol. The Labute approximate surface area is 189 Å². The molecule has 0 aliphatic heterocycles. The number of ether oxygens (including phenoxy) is 1. The van der Waals surface area contributed by atoms with Gasteiger partial charge in [-0.05, 0) is 41.0 Å². The first-order valence-electron chi connectivity index (χ1n) is 9.81. The van der Waals surface area contributed by atoms with Gasteiger partial charge in [-0.25, -0.2) is 4.21 Å². The molecule has 0 saturated heterocycles. The average molecular weight is 458 g/mol. The van der Waals surface area contributed by atoms with Crippen molar-refractivity contribution in [2.45, 2.75) is 18.9 Å². The van der Waals surface area contributed by atoms with Gasteiger partial charge in [0.1, 0.15) is 12.4 Å². The predicted molar refractivity (Wildman–Crippen MR) is 125 cm³/mol. The molecule has 1 amide bonds. The molecule has 0 spiro atoms. The summed E-state index contributed by atoms with van der Waals surface area (Å²) in [5.41, 5.74) is 3.82. The van der Waals surface area contributed by atoms with E-state index in [4.69, 9.17) is 16.3 Å². The molecule has 3 rings (SSSR count). The van der Waals surface area contributed by atoms with E-state index in [2.05, 4.69) is 5.32 Å². The van der Waals surface area contributed by atoms with Crippen LogP contribution in [0, 0.1) is 0 Å². The van der Waals surface area contributed by atoms with Crippen molar-refractivity contribution in [1.29, 1.82) is 0 Å². The maximum atomic E-state index is 11.7. The fourth-order valence-electron chi connectivity index (χ4n) is 3.30. The lowest BCUT2D eigenvalue weighted by atomic mass is 9.97. The van der Waals surface area contributed by atoms with Crippen LogP contribution in [-0.2, 0) is 22.5 Å². The van der Waals surface area contributed by atoms with Gasteiger partial charge >= 0.3 is 0 Å². The largest absolute Gasteiger partial charge is 0.489 e. The van der Waals surface area contributed by atoms with Gasteiger partial charge in [-0.2, -0.15) is 0 Å². The maximum Gasteiger partial charge on any atom is 0.220 e. The van der Waals surface area contributed by atoms with Crippen LogP contribution in [0.2, 0.25) is 5.02 Å². The third kappa shape index (κ3) is 6.66. The van der Waals surface area contributed by atoms with Crippen molar-refractivity contribution in [3.63, 3.8) is 0 Å². The van der Waals surface area contributed by atoms with E-state index in [1.165, 1.54) is 0 Å². The lowest BCUT2D eigenvalue weighted by molar-refractivity contribution is -0.120. The smallest absolute Gasteiger partial charge is 0.220 e. The van der Waals surface area contributed by atoms with Crippen LogP contribution < -0.4 is 10.1 Å². The monoisotopic (exact) mass is 457 g/mol. The van der Waals surface area contributed by atoms with Crippen LogP contribution >= 0.6 is 11.6 Å². The Balaban J connectivity index is 1.67. The molecule has 0 heterocycles. The van der Waals surface area contributed by atoms with Crippen LogP contribution in [0.25, 0.3) is 11.1 Å². The van der Waals surface area contributed by atoms with Crippen LogP contribution in [0.5, 0.6) is 5.75 Å². The molecule has 0 radical (unpaired) electrons. The molecule has 0 bridgehead atoms. The molecule has 0 fully saturated rings. The van der Waals surface area contributed by atoms with E-state index in [1.807, 2.05) is 72.8 Å². The molecule has 0 aromatic heterocycles. The SMILES string of the molecule is CNC(=O)CC(CS(=O)O)c1ccc(OCc2cccc(-c3ccccc3Cl)c2)cc1. The van der Waals surface area contributed by atoms with Crippen molar-refractivity contribution in [1.82, 2.24) is 5.32 Å². The first-order valence-corrected chi connectivity index (χ1v) is 11.5. The Kier molecular flexibility index (Phi) is 8.23. The number of hydrogen-bond donors (Lipinski definition) is 2. The number of nitrogens with one attached hydrogen (secondary N) is 1. The van der Waals surface area contributed by atoms with E-state index in [1.54, 1.807) is 7.05 Å². The summed E-state index contributed by atoms with van der Waals surface area (Å²) in [6, 6.07) is 23.0. The second-order valence-electron chi connectivity index (χ2n) is 7.10. The predicted octanol–water partition coefficient (Wildman–Crippen LogP) is 5.03. The van der Waals surface area contributed by atoms with E-state index < -0.39 is 11.1 Å². The normalized spacial score (nSPS) is 12.7. The summed E-state index contributed by atoms with van der Waals surface area (Å²) in [6.07, 6.45) is 0.151. The minimum atomic E-state index is -1.99. The number of amides is 1. The molecule has 7 heteroatoms. The molecule has 0 aliphatic carbocycles. The van der Waals surface area contributed by atoms with E-state index in [0.29, 0.717) is 17.4 Å². The highest BCUT2D eigenvalue weighted by Crippen LogP contribution is 2.28. The molecule has 0 saturated carbocycles. The van der Waals surface area contributed by atoms with Crippen molar-refractivity contribution < 1.29 is 18.3 Å². The summed E-state index contributed by atoms with van der Waals surface area (Å²) < 4.78 is 26.5. The van der Waals surface area contributed by atoms with Crippen molar-refractivity contribution in [2.75, 3.05) is 12.8 Å². The third-order valence-electron chi connectivity index (χ3n) is 4.92. The zero-order chi connectivity index (χ0) is 22.2. The fourth-order valence-corrected chi connectivity index (χ4v) is 4.20. The van der Waals surface area contributed by atoms with Gasteiger partial charge in [-0.3, -0.25) is 4.79 Å². The molecule has 0 aliphatic rings. The molecule has 5 nitrogen and oxygen atoms in total. The lowest BCUT2D eigenvalue weighted by Crippen LogP contribution is -2.23. The highest BCUT2D eigenvalue weighted by molar-refractivity contribution is 7.79. The summed E-state index contributed by atoms with van der Waals surface area (Å²) in [5.74, 6) is 0.166. The standard InChI is InChI=1S/C24H24ClNO4S/c1-26-24(27)14-20(16-31(28)29)18-9-11-21(12-10-18)30-15-17-5-4-6-19(13-17)22-7-2-3-8-23(22)25/h2-13,20H,14-16H2,1H3,(H,26,27)(H,28,29). The first-order chi connectivity index (χ1) is 15.0. The molecule has 162 valence electrons. The highest BCUT2D eigenvalue weighted by Gasteiger charge is 2.18. The van der Waals surface area contributed by atoms with Gasteiger partial charge in [0.25, 0.3) is 0 Å². The Bertz CT molecular complexity index is 1060. The number of rotatable bonds is 9. The number of benzene rings is 3. The summed E-state index contributed by atoms with van der Waals surface area (Å²) >= 11 is 4.32. The van der Waals surface area contributed by atoms with Crippen molar-refractivity contribution in [3.8, 4) is 16.9 Å². The van der Waals surface area contributed by atoms with Gasteiger partial charge in [0, 0.05) is 30.0 Å². The van der Waals surface area contributed by atoms with Crippen LogP contribution in [-0.4, -0.2) is 27.5 Å². The zero-order valence-corrected chi connectivity index (χ0v) is 18.7. The van der Waals surface area contributed by atoms with E-state index in [0.717, 1.165) is 22.3 Å². The first kappa shape index (κ1) is 23.0. The Morgan fingerprint density at radius 3 is 2.52 bits per heavy atom. The van der Waals surface area contributed by atoms with Crippen molar-refractivity contribution in [3.05, 3.63) is 88.9 Å². The molecular formula is C24H24ClNO4S. The van der Waals surface area contributed by atoms with E-state index in [9.17, 15) is 13.6 Å². The van der Waals surface area contributed by atoms with E-state index in [-0.39, 0.29) is 24.0 Å². The molecule has 31 heavy (non-hydrogen) atoms. The third-order valence-corrected chi connectivity index (χ3v) is 5.94. The molecule has 2 unspecified atom stereocenters. The number of carbonyl (C=O) groups excluding carboxylic acids is 1. The van der Waals surface area contributed by atoms with Gasteiger partial charge in [-0.1, -0.05) is 60.1 Å². The van der Waals surface area contributed by atoms with Gasteiger partial charge in [0.2, 0.25) is 5.91 Å². The zero-order valence-electron chi connectivity index (χ0n) is 17.1. The maximum absolute atomic E-state index is 11.7. The van der Waals surface area contributed by atoms with E-state index >= 15 is 0 Å². The van der Waals surface area contributed by atoms with Crippen LogP contribution in [0.3, 0.4) is 0 Å². The van der Waals surface area contributed by atoms with Gasteiger partial charge in [-0.15, -0.1) is 0 Å². The fraction of sp³-hybridized carbons (Fsp3) is 0.208. The highest BCUT2D eigenvalue weighted by atomic mass is 35.5. The van der Waals surface area contributed by atoms with Crippen molar-refractivity contribution in [2.24, 2.45) is 0 Å². The topological polar surface area (TPSA) is 75.6 Å². The minimum absolute atomic E-state index is 0.00244. The van der Waals surface area contributed by atoms with Gasteiger partial charge < -0.3 is 14.6 Å². The summed E-state index contributed by atoms with van der Waals surface area (Å²) in [7, 11) is 1.55. The van der Waals surface area contributed by atoms with Crippen molar-refractivity contribution >= 4 is 28.6 Å². The van der Waals surface area contributed by atoms with Crippen LogP contribution in [0.1, 0.15) is 23.5 Å². The number of hydrogen-bond acceptors (Lipinski definition) is 3. The lowest BCUT2D eigenvalue weighted by Gasteiger charge is -2.15. The summed E-state index contributed by atoms with van der Waals surface area (Å²) in [5, 5.41) is 3.26. The Morgan fingerprint density at radius 1 is 1.10 bits per heavy atom. The Hall–Kier alpha value is -2.67. The quantitative estimate of drug-likeness (QED) is 0.442. The summed E-state index contributed by atoms with van der Waals surface area (Å²) in [4.78, 5) is 11.7. The molecule has 3 aromatic rings. The van der Waals surface area contributed by atoms with Gasteiger partial charge in [0.15, 0.2) is 11.1 Å². The molecule has 3 aromatic carbocycles. The molecule has 2 atom stereocenters. The number of carbonyl (C=O) groups is 1. The van der Waals surface area contributed by atoms with Crippen LogP contribution in [0.15, 0.2) is 72.8 Å². The second-order valence-corrected chi connectivity index (χ2v) is 8.48. The van der Waals surface area contributed by atoms with Gasteiger partial charge in [0.05, 0.1) is 5.75 Å². The number of halogens is 1. The Morgan fingerprint density at radius 2 is 1.84 bits per heavy atom. The molecule has 2 N–H and O–H groups in total. The average Bonchev–Trinajstić information content (AvgIpc) is 2.77.